The third-order valence-corrected chi connectivity index (χ3v) is 5.82. The number of rotatable bonds is 6. The fourth-order valence-electron chi connectivity index (χ4n) is 3.33. The summed E-state index contributed by atoms with van der Waals surface area (Å²) in [5, 5.41) is 7.62. The molecule has 0 unspecified atom stereocenters. The lowest BCUT2D eigenvalue weighted by Crippen LogP contribution is -2.30. The normalized spacial score (nSPS) is 14.6. The first-order valence-corrected chi connectivity index (χ1v) is 11.0. The molecule has 2 aromatic carbocycles. The molecule has 1 aliphatic rings. The Morgan fingerprint density at radius 3 is 2.38 bits per heavy atom. The molecular formula is C21H24N2O5S. The number of esters is 1. The van der Waals surface area contributed by atoms with Gasteiger partial charge < -0.3 is 10.1 Å². The summed E-state index contributed by atoms with van der Waals surface area (Å²) >= 11 is 0. The average Bonchev–Trinajstić information content (AvgIpc) is 2.67. The Morgan fingerprint density at radius 1 is 1.07 bits per heavy atom. The van der Waals surface area contributed by atoms with Crippen LogP contribution in [0.15, 0.2) is 47.4 Å². The second-order valence-corrected chi connectivity index (χ2v) is 8.74. The minimum atomic E-state index is -3.80. The van der Waals surface area contributed by atoms with Crippen LogP contribution in [0, 0.1) is 0 Å². The molecule has 3 N–H and O–H groups in total. The molecule has 1 atom stereocenters. The number of ether oxygens (including phenoxy) is 1. The number of aryl methyl sites for hydroxylation is 2. The van der Waals surface area contributed by atoms with Crippen molar-refractivity contribution in [3.8, 4) is 0 Å². The maximum atomic E-state index is 12.2. The van der Waals surface area contributed by atoms with Gasteiger partial charge in [0.25, 0.3) is 5.91 Å². The highest BCUT2D eigenvalue weighted by Crippen LogP contribution is 2.22. The fourth-order valence-corrected chi connectivity index (χ4v) is 3.84. The number of carbonyl (C=O) groups is 2. The molecule has 1 amide bonds. The van der Waals surface area contributed by atoms with E-state index in [-0.39, 0.29) is 11.3 Å². The average molecular weight is 416 g/mol. The van der Waals surface area contributed by atoms with Crippen LogP contribution in [0.25, 0.3) is 0 Å². The van der Waals surface area contributed by atoms with E-state index in [4.69, 9.17) is 9.88 Å². The van der Waals surface area contributed by atoms with Crippen molar-refractivity contribution < 1.29 is 22.7 Å². The number of benzene rings is 2. The minimum Gasteiger partial charge on any atom is -0.452 e. The molecule has 0 heterocycles. The smallest absolute Gasteiger partial charge is 0.311 e. The van der Waals surface area contributed by atoms with Gasteiger partial charge in [-0.25, -0.2) is 13.6 Å². The molecule has 154 valence electrons. The van der Waals surface area contributed by atoms with Crippen molar-refractivity contribution in [1.29, 1.82) is 0 Å². The summed E-state index contributed by atoms with van der Waals surface area (Å²) < 4.78 is 27.8. The van der Waals surface area contributed by atoms with E-state index in [1.807, 2.05) is 12.1 Å². The first kappa shape index (κ1) is 21.0. The van der Waals surface area contributed by atoms with Gasteiger partial charge in [-0.2, -0.15) is 0 Å². The quantitative estimate of drug-likeness (QED) is 0.701. The highest BCUT2D eigenvalue weighted by molar-refractivity contribution is 7.89. The molecule has 0 spiro atoms. The zero-order chi connectivity index (χ0) is 21.0. The third kappa shape index (κ3) is 5.65. The van der Waals surface area contributed by atoms with Gasteiger partial charge in [-0.15, -0.1) is 0 Å². The van der Waals surface area contributed by atoms with Crippen molar-refractivity contribution in [2.75, 3.05) is 5.32 Å². The van der Waals surface area contributed by atoms with E-state index in [2.05, 4.69) is 11.4 Å². The molecule has 29 heavy (non-hydrogen) atoms. The second-order valence-electron chi connectivity index (χ2n) is 7.18. The molecule has 0 fully saturated rings. The summed E-state index contributed by atoms with van der Waals surface area (Å²) in [7, 11) is -3.80. The lowest BCUT2D eigenvalue weighted by molar-refractivity contribution is -0.152. The SMILES string of the molecule is C[C@H](OC(=O)Cc1ccc2c(c1)CCCC2)C(=O)Nc1ccc(S(N)(=O)=O)cc1. The number of fused-ring (bicyclic) bond motifs is 1. The predicted octanol–water partition coefficient (Wildman–Crippen LogP) is 2.33. The lowest BCUT2D eigenvalue weighted by Gasteiger charge is -2.17. The van der Waals surface area contributed by atoms with Gasteiger partial charge in [-0.1, -0.05) is 18.2 Å². The fraction of sp³-hybridized carbons (Fsp3) is 0.333. The molecule has 2 aromatic rings. The molecule has 3 rings (SSSR count). The van der Waals surface area contributed by atoms with Crippen LogP contribution >= 0.6 is 0 Å². The number of anilines is 1. The van der Waals surface area contributed by atoms with Crippen molar-refractivity contribution in [3.05, 3.63) is 59.2 Å². The Balaban J connectivity index is 1.54. The molecule has 8 heteroatoms. The molecule has 0 bridgehead atoms. The van der Waals surface area contributed by atoms with E-state index in [1.54, 1.807) is 0 Å². The van der Waals surface area contributed by atoms with Gasteiger partial charge in [0.2, 0.25) is 10.0 Å². The number of hydrogen-bond donors (Lipinski definition) is 2. The van der Waals surface area contributed by atoms with Gasteiger partial charge in [0.1, 0.15) is 0 Å². The minimum absolute atomic E-state index is 0.0555. The van der Waals surface area contributed by atoms with E-state index in [1.165, 1.54) is 48.7 Å². The standard InChI is InChI=1S/C21H24N2O5S/c1-14(21(25)23-18-8-10-19(11-9-18)29(22,26)27)28-20(24)13-15-6-7-16-4-2-3-5-17(16)12-15/h6-12,14H,2-5,13H2,1H3,(H,23,25)(H2,22,26,27)/t14-/m0/s1. The number of nitrogens with one attached hydrogen (secondary N) is 1. The zero-order valence-electron chi connectivity index (χ0n) is 16.2. The Hall–Kier alpha value is -2.71. The molecule has 0 saturated carbocycles. The van der Waals surface area contributed by atoms with Crippen LogP contribution in [0.5, 0.6) is 0 Å². The first-order chi connectivity index (χ1) is 13.7. The summed E-state index contributed by atoms with van der Waals surface area (Å²) in [6.45, 7) is 1.48. The Kier molecular flexibility index (Phi) is 6.34. The van der Waals surface area contributed by atoms with Gasteiger partial charge in [0, 0.05) is 5.69 Å². The van der Waals surface area contributed by atoms with Gasteiger partial charge >= 0.3 is 5.97 Å². The number of amides is 1. The van der Waals surface area contributed by atoms with Crippen LogP contribution in [-0.2, 0) is 43.6 Å². The largest absolute Gasteiger partial charge is 0.452 e. The Labute approximate surface area is 170 Å². The summed E-state index contributed by atoms with van der Waals surface area (Å²) in [6.07, 6.45) is 3.59. The van der Waals surface area contributed by atoms with E-state index < -0.39 is 28.0 Å². The predicted molar refractivity (Wildman–Crippen MR) is 109 cm³/mol. The zero-order valence-corrected chi connectivity index (χ0v) is 17.0. The Morgan fingerprint density at radius 2 is 1.72 bits per heavy atom. The molecule has 7 nitrogen and oxygen atoms in total. The van der Waals surface area contributed by atoms with Crippen LogP contribution in [-0.4, -0.2) is 26.4 Å². The van der Waals surface area contributed by atoms with Crippen molar-refractivity contribution in [1.82, 2.24) is 0 Å². The van der Waals surface area contributed by atoms with E-state index in [0.29, 0.717) is 5.69 Å². The molecule has 0 aromatic heterocycles. The van der Waals surface area contributed by atoms with Crippen LogP contribution in [0.4, 0.5) is 5.69 Å². The molecular weight excluding hydrogens is 392 g/mol. The molecule has 0 saturated heterocycles. The summed E-state index contributed by atoms with van der Waals surface area (Å²) in [4.78, 5) is 24.4. The van der Waals surface area contributed by atoms with Crippen LogP contribution < -0.4 is 10.5 Å². The van der Waals surface area contributed by atoms with Crippen molar-refractivity contribution in [2.24, 2.45) is 5.14 Å². The Bertz CT molecular complexity index is 1020. The number of carbonyl (C=O) groups excluding carboxylic acids is 2. The second kappa shape index (κ2) is 8.75. The molecule has 0 radical (unpaired) electrons. The van der Waals surface area contributed by atoms with Gasteiger partial charge in [-0.3, -0.25) is 9.59 Å². The monoisotopic (exact) mass is 416 g/mol. The van der Waals surface area contributed by atoms with Crippen molar-refractivity contribution >= 4 is 27.6 Å². The van der Waals surface area contributed by atoms with Crippen molar-refractivity contribution in [3.63, 3.8) is 0 Å². The van der Waals surface area contributed by atoms with Crippen LogP contribution in [0.1, 0.15) is 36.5 Å². The summed E-state index contributed by atoms with van der Waals surface area (Å²) in [5.74, 6) is -0.986. The highest BCUT2D eigenvalue weighted by Gasteiger charge is 2.19. The summed E-state index contributed by atoms with van der Waals surface area (Å²) in [5.41, 5.74) is 3.88. The first-order valence-electron chi connectivity index (χ1n) is 9.46. The topological polar surface area (TPSA) is 116 Å². The number of sulfonamides is 1. The summed E-state index contributed by atoms with van der Waals surface area (Å²) in [6, 6.07) is 11.5. The van der Waals surface area contributed by atoms with Gasteiger partial charge in [-0.05, 0) is 73.6 Å². The van der Waals surface area contributed by atoms with Crippen LogP contribution in [0.3, 0.4) is 0 Å². The maximum Gasteiger partial charge on any atom is 0.311 e. The number of nitrogens with two attached hydrogens (primary N) is 1. The van der Waals surface area contributed by atoms with E-state index in [0.717, 1.165) is 24.8 Å². The highest BCUT2D eigenvalue weighted by atomic mass is 32.2. The lowest BCUT2D eigenvalue weighted by atomic mass is 9.90. The maximum absolute atomic E-state index is 12.2. The number of primary sulfonamides is 1. The van der Waals surface area contributed by atoms with Gasteiger partial charge in [0.15, 0.2) is 6.10 Å². The third-order valence-electron chi connectivity index (χ3n) is 4.89. The molecule has 0 aliphatic heterocycles. The van der Waals surface area contributed by atoms with E-state index >= 15 is 0 Å². The molecule has 1 aliphatic carbocycles. The van der Waals surface area contributed by atoms with Crippen molar-refractivity contribution in [2.45, 2.75) is 50.0 Å². The van der Waals surface area contributed by atoms with Gasteiger partial charge in [0.05, 0.1) is 11.3 Å². The number of hydrogen-bond acceptors (Lipinski definition) is 5. The van der Waals surface area contributed by atoms with E-state index in [9.17, 15) is 18.0 Å². The van der Waals surface area contributed by atoms with Crippen LogP contribution in [0.2, 0.25) is 0 Å².